The molecule has 0 spiro atoms. The van der Waals surface area contributed by atoms with Crippen molar-refractivity contribution in [1.82, 2.24) is 0 Å². The van der Waals surface area contributed by atoms with E-state index in [1.807, 2.05) is 6.08 Å². The highest BCUT2D eigenvalue weighted by Gasteiger charge is 2.44. The lowest BCUT2D eigenvalue weighted by Crippen LogP contribution is -2.59. The number of rotatable bonds is 32. The number of hydrogen-bond donors (Lipinski definition) is 4. The minimum absolute atomic E-state index is 0.0822. The minimum Gasteiger partial charge on any atom is -0.457 e. The lowest BCUT2D eigenvalue weighted by molar-refractivity contribution is -0.305. The molecule has 0 bridgehead atoms. The monoisotopic (exact) mass is 733 g/mol. The van der Waals surface area contributed by atoms with Gasteiger partial charge in [-0.25, -0.2) is 0 Å². The van der Waals surface area contributed by atoms with E-state index >= 15 is 0 Å². The Morgan fingerprint density at radius 2 is 1.17 bits per heavy atom. The second-order valence-corrected chi connectivity index (χ2v) is 13.4. The molecular weight excluding hydrogens is 660 g/mol. The average Bonchev–Trinajstić information content (AvgIpc) is 3.14. The van der Waals surface area contributed by atoms with E-state index in [1.165, 1.54) is 51.4 Å². The fraction of sp³-hybridized carbons (Fsp3) is 0.698. The van der Waals surface area contributed by atoms with Gasteiger partial charge in [-0.2, -0.15) is 0 Å². The molecule has 0 saturated carbocycles. The van der Waals surface area contributed by atoms with Crippen molar-refractivity contribution in [3.05, 3.63) is 72.9 Å². The Morgan fingerprint density at radius 1 is 0.635 bits per heavy atom. The van der Waals surface area contributed by atoms with Gasteiger partial charge in [0.25, 0.3) is 0 Å². The van der Waals surface area contributed by atoms with E-state index in [4.69, 9.17) is 18.9 Å². The fourth-order valence-electron chi connectivity index (χ4n) is 5.50. The molecule has 6 unspecified atom stereocenters. The topological polar surface area (TPSA) is 135 Å². The Morgan fingerprint density at radius 3 is 1.75 bits per heavy atom. The summed E-state index contributed by atoms with van der Waals surface area (Å²) in [6, 6.07) is 0. The Balaban J connectivity index is 2.40. The van der Waals surface area contributed by atoms with Gasteiger partial charge in [0.15, 0.2) is 6.29 Å². The van der Waals surface area contributed by atoms with Crippen LogP contribution in [-0.4, -0.2) is 89.6 Å². The maximum atomic E-state index is 12.7. The van der Waals surface area contributed by atoms with Crippen molar-refractivity contribution in [3.63, 3.8) is 0 Å². The van der Waals surface area contributed by atoms with Crippen molar-refractivity contribution in [2.24, 2.45) is 0 Å². The van der Waals surface area contributed by atoms with Crippen molar-refractivity contribution >= 4 is 5.97 Å². The number of unbranched alkanes of at least 4 members (excludes halogenated alkanes) is 10. The van der Waals surface area contributed by atoms with Gasteiger partial charge in [0.05, 0.1) is 26.2 Å². The number of aliphatic hydroxyl groups is 4. The SMILES string of the molecule is CC/C=C\C/C=C\C/C=C\C/C=C\C/C=C\CC(=O)OC(COCCCCCCCC/C=C\CCCCCC)COC1OC(CO)C(O)C(O)C1O. The molecule has 9 nitrogen and oxygen atoms in total. The van der Waals surface area contributed by atoms with Crippen LogP contribution in [0.3, 0.4) is 0 Å². The van der Waals surface area contributed by atoms with E-state index in [9.17, 15) is 25.2 Å². The third kappa shape index (κ3) is 25.6. The molecule has 1 heterocycles. The zero-order valence-corrected chi connectivity index (χ0v) is 32.3. The zero-order valence-electron chi connectivity index (χ0n) is 32.3. The summed E-state index contributed by atoms with van der Waals surface area (Å²) < 4.78 is 22.6. The molecule has 52 heavy (non-hydrogen) atoms. The van der Waals surface area contributed by atoms with Crippen LogP contribution < -0.4 is 0 Å². The second kappa shape index (κ2) is 34.4. The summed E-state index contributed by atoms with van der Waals surface area (Å²) in [5.41, 5.74) is 0. The van der Waals surface area contributed by atoms with Crippen LogP contribution >= 0.6 is 0 Å². The predicted octanol–water partition coefficient (Wildman–Crippen LogP) is 8.13. The van der Waals surface area contributed by atoms with Gasteiger partial charge in [0.1, 0.15) is 30.5 Å². The summed E-state index contributed by atoms with van der Waals surface area (Å²) in [6.07, 6.45) is 36.6. The highest BCUT2D eigenvalue weighted by atomic mass is 16.7. The third-order valence-electron chi connectivity index (χ3n) is 8.64. The number of hydrogen-bond acceptors (Lipinski definition) is 9. The Kier molecular flexibility index (Phi) is 31.5. The van der Waals surface area contributed by atoms with E-state index in [0.717, 1.165) is 51.4 Å². The number of esters is 1. The molecule has 0 aliphatic carbocycles. The van der Waals surface area contributed by atoms with Gasteiger partial charge in [-0.1, -0.05) is 132 Å². The first-order valence-corrected chi connectivity index (χ1v) is 20.0. The first-order chi connectivity index (χ1) is 25.4. The Labute approximate surface area is 315 Å². The van der Waals surface area contributed by atoms with Crippen LogP contribution in [0.15, 0.2) is 72.9 Å². The lowest BCUT2D eigenvalue weighted by atomic mass is 9.99. The molecule has 298 valence electrons. The molecule has 1 aliphatic heterocycles. The molecular formula is C43H72O9. The summed E-state index contributed by atoms with van der Waals surface area (Å²) in [5, 5.41) is 40.0. The van der Waals surface area contributed by atoms with Crippen molar-refractivity contribution in [1.29, 1.82) is 0 Å². The van der Waals surface area contributed by atoms with Crippen molar-refractivity contribution < 1.29 is 44.2 Å². The Bertz CT molecular complexity index is 1020. The quantitative estimate of drug-likeness (QED) is 0.0307. The summed E-state index contributed by atoms with van der Waals surface area (Å²) in [4.78, 5) is 12.7. The van der Waals surface area contributed by atoms with E-state index in [1.54, 1.807) is 6.08 Å². The van der Waals surface area contributed by atoms with E-state index in [2.05, 4.69) is 74.6 Å². The molecule has 1 rings (SSSR count). The standard InChI is InChI=1S/C43H72O9/c1-3-5-7-9-11-13-15-17-19-20-22-24-26-28-30-32-39(45)51-37(36-50-43-42(48)41(47)40(46)38(34-44)52-43)35-49-33-31-29-27-25-23-21-18-16-14-12-10-8-6-4-2/h5,7,11,13-14,16-17,19,22,24,28,30,37-38,40-44,46-48H,3-4,6,8-10,12,15,18,20-21,23,25-27,29,31-36H2,1-2H3/b7-5-,13-11-,16-14-,19-17-,24-22-,30-28-. The highest BCUT2D eigenvalue weighted by molar-refractivity contribution is 5.71. The van der Waals surface area contributed by atoms with E-state index in [0.29, 0.717) is 13.0 Å². The van der Waals surface area contributed by atoms with E-state index < -0.39 is 49.4 Å². The first-order valence-electron chi connectivity index (χ1n) is 20.0. The molecule has 0 aromatic rings. The smallest absolute Gasteiger partial charge is 0.310 e. The van der Waals surface area contributed by atoms with Gasteiger partial charge < -0.3 is 39.4 Å². The summed E-state index contributed by atoms with van der Waals surface area (Å²) in [5.74, 6) is -0.446. The predicted molar refractivity (Wildman–Crippen MR) is 210 cm³/mol. The minimum atomic E-state index is -1.56. The zero-order chi connectivity index (χ0) is 37.9. The number of allylic oxidation sites excluding steroid dienone is 11. The van der Waals surface area contributed by atoms with Gasteiger partial charge >= 0.3 is 5.97 Å². The summed E-state index contributed by atoms with van der Waals surface area (Å²) in [6.45, 7) is 4.26. The molecule has 0 aromatic carbocycles. The molecule has 1 saturated heterocycles. The van der Waals surface area contributed by atoms with Crippen LogP contribution in [0, 0.1) is 0 Å². The average molecular weight is 733 g/mol. The van der Waals surface area contributed by atoms with Crippen molar-refractivity contribution in [2.75, 3.05) is 26.4 Å². The van der Waals surface area contributed by atoms with Crippen LogP contribution in [0.25, 0.3) is 0 Å². The van der Waals surface area contributed by atoms with Crippen LogP contribution in [0.1, 0.15) is 129 Å². The largest absolute Gasteiger partial charge is 0.457 e. The number of carbonyl (C=O) groups is 1. The number of aliphatic hydroxyl groups excluding tert-OH is 4. The molecule has 9 heteroatoms. The maximum Gasteiger partial charge on any atom is 0.310 e. The molecule has 1 aliphatic rings. The van der Waals surface area contributed by atoms with Crippen molar-refractivity contribution in [3.8, 4) is 0 Å². The maximum absolute atomic E-state index is 12.7. The van der Waals surface area contributed by atoms with Crippen LogP contribution in [0.2, 0.25) is 0 Å². The molecule has 0 aromatic heterocycles. The number of carbonyl (C=O) groups excluding carboxylic acids is 1. The summed E-state index contributed by atoms with van der Waals surface area (Å²) >= 11 is 0. The second-order valence-electron chi connectivity index (χ2n) is 13.4. The van der Waals surface area contributed by atoms with Crippen LogP contribution in [-0.2, 0) is 23.7 Å². The third-order valence-corrected chi connectivity index (χ3v) is 8.64. The highest BCUT2D eigenvalue weighted by Crippen LogP contribution is 2.22. The van der Waals surface area contributed by atoms with Gasteiger partial charge in [-0.05, 0) is 64.2 Å². The van der Waals surface area contributed by atoms with Gasteiger partial charge in [0, 0.05) is 6.61 Å². The molecule has 4 N–H and O–H groups in total. The van der Waals surface area contributed by atoms with Crippen LogP contribution in [0.4, 0.5) is 0 Å². The first kappa shape index (κ1) is 47.7. The summed E-state index contributed by atoms with van der Waals surface area (Å²) in [7, 11) is 0. The lowest BCUT2D eigenvalue weighted by Gasteiger charge is -2.39. The van der Waals surface area contributed by atoms with E-state index in [-0.39, 0.29) is 19.6 Å². The molecule has 1 fully saturated rings. The van der Waals surface area contributed by atoms with Gasteiger partial charge in [-0.3, -0.25) is 4.79 Å². The number of ether oxygens (including phenoxy) is 4. The van der Waals surface area contributed by atoms with Crippen molar-refractivity contribution in [2.45, 2.75) is 166 Å². The van der Waals surface area contributed by atoms with Gasteiger partial charge in [0.2, 0.25) is 0 Å². The van der Waals surface area contributed by atoms with Gasteiger partial charge in [-0.15, -0.1) is 0 Å². The molecule has 0 amide bonds. The Hall–Kier alpha value is -2.37. The van der Waals surface area contributed by atoms with Crippen LogP contribution in [0.5, 0.6) is 0 Å². The normalized spacial score (nSPS) is 22.0. The molecule has 0 radical (unpaired) electrons. The molecule has 6 atom stereocenters. The fourth-order valence-corrected chi connectivity index (χ4v) is 5.50.